The van der Waals surface area contributed by atoms with Crippen LogP contribution in [0.15, 0.2) is 24.3 Å². The van der Waals surface area contributed by atoms with E-state index in [1.165, 1.54) is 0 Å². The van der Waals surface area contributed by atoms with Crippen LogP contribution in [0.3, 0.4) is 0 Å². The van der Waals surface area contributed by atoms with E-state index in [0.29, 0.717) is 0 Å². The molecular weight excluding hydrogens is 214 g/mol. The van der Waals surface area contributed by atoms with Crippen LogP contribution in [-0.4, -0.2) is 27.3 Å². The Kier molecular flexibility index (Phi) is 3.45. The van der Waals surface area contributed by atoms with Gasteiger partial charge in [0.15, 0.2) is 0 Å². The van der Waals surface area contributed by atoms with Gasteiger partial charge in [0, 0.05) is 6.04 Å². The zero-order valence-electron chi connectivity index (χ0n) is 10.3. The lowest BCUT2D eigenvalue weighted by molar-refractivity contribution is 0.205. The fourth-order valence-electron chi connectivity index (χ4n) is 2.26. The molecule has 1 aromatic carbocycles. The maximum Gasteiger partial charge on any atom is 0.107 e. The van der Waals surface area contributed by atoms with Crippen molar-refractivity contribution in [1.29, 1.82) is 0 Å². The first kappa shape index (κ1) is 12.1. The summed E-state index contributed by atoms with van der Waals surface area (Å²) in [6.07, 6.45) is 0.831. The van der Waals surface area contributed by atoms with Gasteiger partial charge in [-0.15, -0.1) is 0 Å². The van der Waals surface area contributed by atoms with Crippen molar-refractivity contribution in [3.05, 3.63) is 30.1 Å². The van der Waals surface area contributed by atoms with Crippen molar-refractivity contribution in [3.63, 3.8) is 0 Å². The Morgan fingerprint density at radius 2 is 2.12 bits per heavy atom. The predicted molar refractivity (Wildman–Crippen MR) is 68.9 cm³/mol. The fourth-order valence-corrected chi connectivity index (χ4v) is 2.26. The van der Waals surface area contributed by atoms with Crippen molar-refractivity contribution >= 4 is 11.0 Å². The molecule has 0 spiro atoms. The third kappa shape index (κ3) is 2.06. The monoisotopic (exact) mass is 233 g/mol. The number of nitrogens with two attached hydrogens (primary N) is 1. The maximum atomic E-state index is 9.55. The molecule has 3 N–H and O–H groups in total. The minimum atomic E-state index is -0.104. The van der Waals surface area contributed by atoms with Crippen LogP contribution in [0.25, 0.3) is 11.0 Å². The zero-order chi connectivity index (χ0) is 12.4. The second kappa shape index (κ2) is 4.85. The van der Waals surface area contributed by atoms with Gasteiger partial charge in [-0.1, -0.05) is 19.1 Å². The summed E-state index contributed by atoms with van der Waals surface area (Å²) >= 11 is 0. The number of aryl methyl sites for hydroxylation is 1. The number of benzene rings is 1. The minimum Gasteiger partial charge on any atom is -0.394 e. The standard InChI is InChI=1S/C13H19N3O/c1-3-10(14)13(8-17)16-9(2)15-11-6-4-5-7-12(11)16/h4-7,10,13,17H,3,8,14H2,1-2H3. The summed E-state index contributed by atoms with van der Waals surface area (Å²) in [5, 5.41) is 9.55. The second-order valence-corrected chi connectivity index (χ2v) is 4.34. The molecule has 2 atom stereocenters. The number of rotatable bonds is 4. The molecule has 0 bridgehead atoms. The van der Waals surface area contributed by atoms with Crippen LogP contribution in [0, 0.1) is 6.92 Å². The first-order valence-electron chi connectivity index (χ1n) is 5.99. The first-order valence-corrected chi connectivity index (χ1v) is 5.99. The molecule has 0 aliphatic rings. The van der Waals surface area contributed by atoms with Gasteiger partial charge in [0.1, 0.15) is 5.82 Å². The van der Waals surface area contributed by atoms with Crippen molar-refractivity contribution in [1.82, 2.24) is 9.55 Å². The largest absolute Gasteiger partial charge is 0.394 e. The van der Waals surface area contributed by atoms with E-state index in [2.05, 4.69) is 4.98 Å². The molecule has 92 valence electrons. The maximum absolute atomic E-state index is 9.55. The number of imidazole rings is 1. The molecule has 1 aromatic heterocycles. The average molecular weight is 233 g/mol. The summed E-state index contributed by atoms with van der Waals surface area (Å²) in [6, 6.07) is 7.77. The summed E-state index contributed by atoms with van der Waals surface area (Å²) in [7, 11) is 0. The summed E-state index contributed by atoms with van der Waals surface area (Å²) in [5.74, 6) is 0.897. The van der Waals surface area contributed by atoms with Gasteiger partial charge in [0.2, 0.25) is 0 Å². The Labute approximate surface area is 101 Å². The van der Waals surface area contributed by atoms with Gasteiger partial charge in [-0.3, -0.25) is 0 Å². The number of hydrogen-bond donors (Lipinski definition) is 2. The topological polar surface area (TPSA) is 64.1 Å². The fraction of sp³-hybridized carbons (Fsp3) is 0.462. The van der Waals surface area contributed by atoms with Gasteiger partial charge in [-0.05, 0) is 25.5 Å². The Balaban J connectivity index is 2.56. The Morgan fingerprint density at radius 1 is 1.41 bits per heavy atom. The molecule has 2 aromatic rings. The Bertz CT molecular complexity index is 506. The van der Waals surface area contributed by atoms with E-state index in [1.54, 1.807) is 0 Å². The molecule has 0 radical (unpaired) electrons. The quantitative estimate of drug-likeness (QED) is 0.843. The van der Waals surface area contributed by atoms with Crippen molar-refractivity contribution < 1.29 is 5.11 Å². The van der Waals surface area contributed by atoms with Crippen LogP contribution in [0.2, 0.25) is 0 Å². The first-order chi connectivity index (χ1) is 8.19. The second-order valence-electron chi connectivity index (χ2n) is 4.34. The van der Waals surface area contributed by atoms with Gasteiger partial charge < -0.3 is 15.4 Å². The molecule has 0 fully saturated rings. The molecule has 0 aliphatic heterocycles. The van der Waals surface area contributed by atoms with Crippen LogP contribution < -0.4 is 5.73 Å². The van der Waals surface area contributed by atoms with Crippen LogP contribution in [0.5, 0.6) is 0 Å². The van der Waals surface area contributed by atoms with Crippen LogP contribution in [0.1, 0.15) is 25.2 Å². The van der Waals surface area contributed by atoms with E-state index in [0.717, 1.165) is 23.3 Å². The smallest absolute Gasteiger partial charge is 0.107 e. The van der Waals surface area contributed by atoms with E-state index in [9.17, 15) is 5.11 Å². The predicted octanol–water partition coefficient (Wildman–Crippen LogP) is 1.62. The summed E-state index contributed by atoms with van der Waals surface area (Å²) in [5.41, 5.74) is 8.06. The highest BCUT2D eigenvalue weighted by atomic mass is 16.3. The zero-order valence-corrected chi connectivity index (χ0v) is 10.3. The Morgan fingerprint density at radius 3 is 2.76 bits per heavy atom. The SMILES string of the molecule is CCC(N)C(CO)n1c(C)nc2ccccc21. The lowest BCUT2D eigenvalue weighted by Gasteiger charge is -2.24. The number of aliphatic hydroxyl groups is 1. The van der Waals surface area contributed by atoms with Crippen LogP contribution >= 0.6 is 0 Å². The van der Waals surface area contributed by atoms with E-state index < -0.39 is 0 Å². The molecule has 0 saturated heterocycles. The lowest BCUT2D eigenvalue weighted by Crippen LogP contribution is -2.34. The number of nitrogens with zero attached hydrogens (tertiary/aromatic N) is 2. The normalized spacial score (nSPS) is 15.1. The highest BCUT2D eigenvalue weighted by molar-refractivity contribution is 5.76. The number of hydrogen-bond acceptors (Lipinski definition) is 3. The Hall–Kier alpha value is -1.39. The van der Waals surface area contributed by atoms with E-state index >= 15 is 0 Å². The average Bonchev–Trinajstić information content (AvgIpc) is 2.67. The molecule has 0 aliphatic carbocycles. The van der Waals surface area contributed by atoms with Crippen molar-refractivity contribution in [2.75, 3.05) is 6.61 Å². The summed E-state index contributed by atoms with van der Waals surface area (Å²) < 4.78 is 2.05. The number of aromatic nitrogens is 2. The molecule has 2 rings (SSSR count). The number of fused-ring (bicyclic) bond motifs is 1. The molecule has 2 unspecified atom stereocenters. The molecule has 4 heteroatoms. The third-order valence-electron chi connectivity index (χ3n) is 3.26. The van der Waals surface area contributed by atoms with Gasteiger partial charge >= 0.3 is 0 Å². The lowest BCUT2D eigenvalue weighted by atomic mass is 10.1. The molecular formula is C13H19N3O. The van der Waals surface area contributed by atoms with Gasteiger partial charge in [-0.25, -0.2) is 4.98 Å². The van der Waals surface area contributed by atoms with Crippen molar-refractivity contribution in [3.8, 4) is 0 Å². The molecule has 0 amide bonds. The summed E-state index contributed by atoms with van der Waals surface area (Å²) in [6.45, 7) is 4.02. The molecule has 4 nitrogen and oxygen atoms in total. The van der Waals surface area contributed by atoms with E-state index in [4.69, 9.17) is 5.73 Å². The molecule has 1 heterocycles. The van der Waals surface area contributed by atoms with Crippen molar-refractivity contribution in [2.24, 2.45) is 5.73 Å². The number of aliphatic hydroxyl groups excluding tert-OH is 1. The van der Waals surface area contributed by atoms with Gasteiger partial charge in [-0.2, -0.15) is 0 Å². The molecule has 0 saturated carbocycles. The van der Waals surface area contributed by atoms with Gasteiger partial charge in [0.05, 0.1) is 23.7 Å². The highest BCUT2D eigenvalue weighted by Crippen LogP contribution is 2.23. The minimum absolute atomic E-state index is 0.0379. The third-order valence-corrected chi connectivity index (χ3v) is 3.26. The van der Waals surface area contributed by atoms with E-state index in [1.807, 2.05) is 42.7 Å². The van der Waals surface area contributed by atoms with Crippen molar-refractivity contribution in [2.45, 2.75) is 32.4 Å². The summed E-state index contributed by atoms with van der Waals surface area (Å²) in [4.78, 5) is 4.49. The number of para-hydroxylation sites is 2. The molecule has 17 heavy (non-hydrogen) atoms. The van der Waals surface area contributed by atoms with Crippen LogP contribution in [0.4, 0.5) is 0 Å². The highest BCUT2D eigenvalue weighted by Gasteiger charge is 2.21. The van der Waals surface area contributed by atoms with Gasteiger partial charge in [0.25, 0.3) is 0 Å². The van der Waals surface area contributed by atoms with E-state index in [-0.39, 0.29) is 18.7 Å². The van der Waals surface area contributed by atoms with Crippen LogP contribution in [-0.2, 0) is 0 Å².